The van der Waals surface area contributed by atoms with E-state index < -0.39 is 11.8 Å². The van der Waals surface area contributed by atoms with Gasteiger partial charge in [-0.05, 0) is 52.2 Å². The molecule has 3 rings (SSSR count). The molecule has 0 saturated carbocycles. The van der Waals surface area contributed by atoms with Crippen LogP contribution in [0, 0.1) is 0 Å². The van der Waals surface area contributed by atoms with E-state index in [0.717, 1.165) is 50.9 Å². The van der Waals surface area contributed by atoms with Crippen LogP contribution in [0.25, 0.3) is 0 Å². The van der Waals surface area contributed by atoms with Crippen LogP contribution in [-0.4, -0.2) is 63.9 Å². The molecule has 1 atom stereocenters. The predicted molar refractivity (Wildman–Crippen MR) is 90.2 cm³/mol. The van der Waals surface area contributed by atoms with Crippen LogP contribution in [0.2, 0.25) is 0 Å². The van der Waals surface area contributed by atoms with Crippen molar-refractivity contribution in [3.8, 4) is 0 Å². The molecule has 1 N–H and O–H groups in total. The molecule has 2 aliphatic rings. The molecular formula is C17H27N5O2. The number of piperidine rings is 2. The van der Waals surface area contributed by atoms with E-state index in [1.807, 2.05) is 11.6 Å². The van der Waals surface area contributed by atoms with E-state index in [-0.39, 0.29) is 12.1 Å². The van der Waals surface area contributed by atoms with Gasteiger partial charge in [0.25, 0.3) is 0 Å². The third-order valence-electron chi connectivity index (χ3n) is 5.21. The second-order valence-corrected chi connectivity index (χ2v) is 6.99. The third-order valence-corrected chi connectivity index (χ3v) is 5.21. The summed E-state index contributed by atoms with van der Waals surface area (Å²) in [5.74, 6) is -0.863. The summed E-state index contributed by atoms with van der Waals surface area (Å²) in [5.41, 5.74) is 0.996. The maximum Gasteiger partial charge on any atom is 0.312 e. The lowest BCUT2D eigenvalue weighted by Crippen LogP contribution is -2.51. The smallest absolute Gasteiger partial charge is 0.312 e. The molecule has 1 unspecified atom stereocenters. The van der Waals surface area contributed by atoms with Gasteiger partial charge in [-0.3, -0.25) is 9.59 Å². The largest absolute Gasteiger partial charge is 0.345 e. The van der Waals surface area contributed by atoms with Crippen LogP contribution < -0.4 is 5.32 Å². The number of rotatable bonds is 2. The summed E-state index contributed by atoms with van der Waals surface area (Å²) in [4.78, 5) is 33.3. The van der Waals surface area contributed by atoms with Crippen molar-refractivity contribution in [2.75, 3.05) is 26.7 Å². The highest BCUT2D eigenvalue weighted by molar-refractivity contribution is 6.35. The average molecular weight is 333 g/mol. The van der Waals surface area contributed by atoms with Crippen LogP contribution in [0.4, 0.5) is 0 Å². The number of imidazole rings is 1. The van der Waals surface area contributed by atoms with Crippen LogP contribution in [0.5, 0.6) is 0 Å². The summed E-state index contributed by atoms with van der Waals surface area (Å²) < 4.78 is 1.94. The van der Waals surface area contributed by atoms with Crippen molar-refractivity contribution < 1.29 is 9.59 Å². The fraction of sp³-hybridized carbons (Fsp3) is 0.706. The van der Waals surface area contributed by atoms with Crippen molar-refractivity contribution in [2.45, 2.75) is 44.2 Å². The van der Waals surface area contributed by atoms with Gasteiger partial charge in [0, 0.05) is 19.6 Å². The summed E-state index contributed by atoms with van der Waals surface area (Å²) in [6.45, 7) is 2.55. The molecule has 0 bridgehead atoms. The van der Waals surface area contributed by atoms with Crippen molar-refractivity contribution in [2.24, 2.45) is 7.05 Å². The minimum Gasteiger partial charge on any atom is -0.345 e. The zero-order chi connectivity index (χ0) is 17.1. The Labute approximate surface area is 143 Å². The standard InChI is InChI=1S/C17H27N5O2/c1-20-9-6-13(7-10-20)19-16(23)17(24)22-8-4-3-5-14(22)15-11-18-12-21(15)2/h11-14H,3-10H2,1-2H3,(H,19,23). The molecule has 2 amide bonds. The Balaban J connectivity index is 1.65. The normalized spacial score (nSPS) is 23.2. The van der Waals surface area contributed by atoms with Crippen molar-refractivity contribution >= 4 is 11.8 Å². The zero-order valence-corrected chi connectivity index (χ0v) is 14.6. The van der Waals surface area contributed by atoms with Crippen molar-refractivity contribution in [3.63, 3.8) is 0 Å². The van der Waals surface area contributed by atoms with E-state index >= 15 is 0 Å². The predicted octanol–water partition coefficient (Wildman–Crippen LogP) is 0.684. The van der Waals surface area contributed by atoms with Crippen LogP contribution >= 0.6 is 0 Å². The molecule has 7 nitrogen and oxygen atoms in total. The molecule has 1 aromatic heterocycles. The number of aryl methyl sites for hydroxylation is 1. The monoisotopic (exact) mass is 333 g/mol. The molecule has 2 aliphatic heterocycles. The van der Waals surface area contributed by atoms with Crippen LogP contribution in [0.15, 0.2) is 12.5 Å². The van der Waals surface area contributed by atoms with E-state index in [1.54, 1.807) is 17.4 Å². The van der Waals surface area contributed by atoms with Gasteiger partial charge < -0.3 is 19.7 Å². The van der Waals surface area contributed by atoms with Gasteiger partial charge in [0.2, 0.25) is 0 Å². The minimum absolute atomic E-state index is 0.0537. The van der Waals surface area contributed by atoms with Crippen LogP contribution in [0.3, 0.4) is 0 Å². The first kappa shape index (κ1) is 17.0. The lowest BCUT2D eigenvalue weighted by atomic mass is 9.99. The van der Waals surface area contributed by atoms with Crippen molar-refractivity contribution in [1.29, 1.82) is 0 Å². The molecule has 0 aromatic carbocycles. The topological polar surface area (TPSA) is 70.5 Å². The Morgan fingerprint density at radius 2 is 1.88 bits per heavy atom. The highest BCUT2D eigenvalue weighted by atomic mass is 16.2. The highest BCUT2D eigenvalue weighted by Crippen LogP contribution is 2.30. The number of carbonyl (C=O) groups excluding carboxylic acids is 2. The van der Waals surface area contributed by atoms with E-state index in [0.29, 0.717) is 6.54 Å². The molecule has 24 heavy (non-hydrogen) atoms. The molecule has 1 aromatic rings. The number of amides is 2. The number of nitrogens with zero attached hydrogens (tertiary/aromatic N) is 4. The quantitative estimate of drug-likeness (QED) is 0.808. The molecule has 0 radical (unpaired) electrons. The second kappa shape index (κ2) is 7.34. The van der Waals surface area contributed by atoms with Gasteiger partial charge in [-0.15, -0.1) is 0 Å². The molecule has 3 heterocycles. The molecule has 2 saturated heterocycles. The highest BCUT2D eigenvalue weighted by Gasteiger charge is 2.34. The van der Waals surface area contributed by atoms with Crippen LogP contribution in [0.1, 0.15) is 43.8 Å². The fourth-order valence-corrected chi connectivity index (χ4v) is 3.70. The lowest BCUT2D eigenvalue weighted by Gasteiger charge is -2.36. The summed E-state index contributed by atoms with van der Waals surface area (Å²) in [7, 11) is 4.01. The maximum atomic E-state index is 12.7. The van der Waals surface area contributed by atoms with Gasteiger partial charge in [-0.1, -0.05) is 0 Å². The van der Waals surface area contributed by atoms with E-state index in [2.05, 4.69) is 22.2 Å². The number of aromatic nitrogens is 2. The van der Waals surface area contributed by atoms with Gasteiger partial charge in [0.1, 0.15) is 0 Å². The second-order valence-electron chi connectivity index (χ2n) is 6.99. The van der Waals surface area contributed by atoms with Gasteiger partial charge in [-0.2, -0.15) is 0 Å². The number of hydrogen-bond donors (Lipinski definition) is 1. The number of carbonyl (C=O) groups is 2. The van der Waals surface area contributed by atoms with Crippen molar-refractivity contribution in [3.05, 3.63) is 18.2 Å². The summed E-state index contributed by atoms with van der Waals surface area (Å²) >= 11 is 0. The number of hydrogen-bond acceptors (Lipinski definition) is 4. The Morgan fingerprint density at radius 3 is 2.54 bits per heavy atom. The Bertz CT molecular complexity index is 592. The van der Waals surface area contributed by atoms with E-state index in [4.69, 9.17) is 0 Å². The third kappa shape index (κ3) is 3.61. The lowest BCUT2D eigenvalue weighted by molar-refractivity contribution is -0.149. The van der Waals surface area contributed by atoms with Gasteiger partial charge >= 0.3 is 11.8 Å². The zero-order valence-electron chi connectivity index (χ0n) is 14.6. The SMILES string of the molecule is CN1CCC(NC(=O)C(=O)N2CCCCC2c2cncn2C)CC1. The first-order chi connectivity index (χ1) is 11.6. The molecule has 0 spiro atoms. The molecule has 7 heteroatoms. The van der Waals surface area contributed by atoms with E-state index in [1.165, 1.54) is 0 Å². The summed E-state index contributed by atoms with van der Waals surface area (Å²) in [5, 5.41) is 2.94. The Hall–Kier alpha value is -1.89. The Morgan fingerprint density at radius 1 is 1.12 bits per heavy atom. The van der Waals surface area contributed by atoms with Gasteiger partial charge in [0.15, 0.2) is 0 Å². The number of likely N-dealkylation sites (tertiary alicyclic amines) is 2. The maximum absolute atomic E-state index is 12.7. The Kier molecular flexibility index (Phi) is 5.18. The molecule has 2 fully saturated rings. The first-order valence-corrected chi connectivity index (χ1v) is 8.82. The van der Waals surface area contributed by atoms with Crippen LogP contribution in [-0.2, 0) is 16.6 Å². The number of nitrogens with one attached hydrogen (secondary N) is 1. The average Bonchev–Trinajstić information content (AvgIpc) is 3.02. The van der Waals surface area contributed by atoms with Gasteiger partial charge in [-0.25, -0.2) is 4.98 Å². The summed E-state index contributed by atoms with van der Waals surface area (Å²) in [6, 6.07) is 0.0552. The fourth-order valence-electron chi connectivity index (χ4n) is 3.70. The van der Waals surface area contributed by atoms with Crippen molar-refractivity contribution in [1.82, 2.24) is 24.7 Å². The van der Waals surface area contributed by atoms with Gasteiger partial charge in [0.05, 0.1) is 24.3 Å². The molecule has 132 valence electrons. The minimum atomic E-state index is -0.460. The summed E-state index contributed by atoms with van der Waals surface area (Å²) in [6.07, 6.45) is 8.24. The molecule has 0 aliphatic carbocycles. The molecular weight excluding hydrogens is 306 g/mol. The van der Waals surface area contributed by atoms with E-state index in [9.17, 15) is 9.59 Å². The first-order valence-electron chi connectivity index (χ1n) is 8.82.